The SMILES string of the molecule is CCCOC1CCC(NC(=O)C2CCC(C(=O)NC3CCC(OCCC)CC3)CC2)CC1. The molecule has 3 fully saturated rings. The average Bonchev–Trinajstić information content (AvgIpc) is 2.83. The molecule has 0 aromatic heterocycles. The third kappa shape index (κ3) is 8.02. The maximum Gasteiger partial charge on any atom is 0.223 e. The van der Waals surface area contributed by atoms with Crippen molar-refractivity contribution in [2.24, 2.45) is 11.8 Å². The number of hydrogen-bond acceptors (Lipinski definition) is 4. The molecule has 0 saturated heterocycles. The highest BCUT2D eigenvalue weighted by Gasteiger charge is 2.33. The number of hydrogen-bond donors (Lipinski definition) is 2. The first-order valence-corrected chi connectivity index (χ1v) is 13.4. The minimum Gasteiger partial charge on any atom is -0.378 e. The quantitative estimate of drug-likeness (QED) is 0.514. The van der Waals surface area contributed by atoms with E-state index in [-0.39, 0.29) is 23.7 Å². The second kappa shape index (κ2) is 13.5. The summed E-state index contributed by atoms with van der Waals surface area (Å²) in [6, 6.07) is 0.586. The van der Waals surface area contributed by atoms with Crippen molar-refractivity contribution < 1.29 is 19.1 Å². The number of carbonyl (C=O) groups excluding carboxylic acids is 2. The molecule has 32 heavy (non-hydrogen) atoms. The summed E-state index contributed by atoms with van der Waals surface area (Å²) in [7, 11) is 0. The Morgan fingerprint density at radius 2 is 0.938 bits per heavy atom. The van der Waals surface area contributed by atoms with Gasteiger partial charge in [-0.25, -0.2) is 0 Å². The first-order chi connectivity index (χ1) is 15.6. The van der Waals surface area contributed by atoms with Gasteiger partial charge in [0.2, 0.25) is 11.8 Å². The van der Waals surface area contributed by atoms with Crippen LogP contribution in [-0.4, -0.2) is 49.3 Å². The maximum absolute atomic E-state index is 12.8. The molecule has 3 saturated carbocycles. The molecule has 2 amide bonds. The van der Waals surface area contributed by atoms with Gasteiger partial charge in [-0.2, -0.15) is 0 Å². The molecule has 0 aromatic carbocycles. The van der Waals surface area contributed by atoms with Gasteiger partial charge in [-0.1, -0.05) is 13.8 Å². The zero-order valence-corrected chi connectivity index (χ0v) is 20.4. The van der Waals surface area contributed by atoms with Crippen molar-refractivity contribution in [2.45, 2.75) is 128 Å². The van der Waals surface area contributed by atoms with E-state index in [1.54, 1.807) is 0 Å². The molecule has 0 bridgehead atoms. The Hall–Kier alpha value is -1.14. The Morgan fingerprint density at radius 1 is 0.594 bits per heavy atom. The highest BCUT2D eigenvalue weighted by Crippen LogP contribution is 2.31. The minimum absolute atomic E-state index is 0.0688. The van der Waals surface area contributed by atoms with Gasteiger partial charge in [-0.3, -0.25) is 9.59 Å². The number of amides is 2. The number of nitrogens with one attached hydrogen (secondary N) is 2. The summed E-state index contributed by atoms with van der Waals surface area (Å²) in [5, 5.41) is 6.57. The van der Waals surface area contributed by atoms with Gasteiger partial charge >= 0.3 is 0 Å². The fourth-order valence-corrected chi connectivity index (χ4v) is 5.57. The molecule has 0 atom stereocenters. The van der Waals surface area contributed by atoms with Crippen molar-refractivity contribution in [2.75, 3.05) is 13.2 Å². The third-order valence-corrected chi connectivity index (χ3v) is 7.63. The number of ether oxygens (including phenoxy) is 2. The molecule has 0 aromatic rings. The van der Waals surface area contributed by atoms with Crippen molar-refractivity contribution in [1.82, 2.24) is 10.6 Å². The van der Waals surface area contributed by atoms with E-state index in [0.29, 0.717) is 24.3 Å². The zero-order chi connectivity index (χ0) is 22.8. The lowest BCUT2D eigenvalue weighted by molar-refractivity contribution is -0.131. The average molecular weight is 451 g/mol. The lowest BCUT2D eigenvalue weighted by Crippen LogP contribution is -2.45. The van der Waals surface area contributed by atoms with Gasteiger partial charge in [0.05, 0.1) is 12.2 Å². The first-order valence-electron chi connectivity index (χ1n) is 13.4. The molecule has 184 valence electrons. The van der Waals surface area contributed by atoms with E-state index in [9.17, 15) is 9.59 Å². The van der Waals surface area contributed by atoms with E-state index in [1.165, 1.54) is 0 Å². The highest BCUT2D eigenvalue weighted by molar-refractivity contribution is 5.81. The lowest BCUT2D eigenvalue weighted by Gasteiger charge is -2.33. The van der Waals surface area contributed by atoms with Gasteiger partial charge in [0.25, 0.3) is 0 Å². The van der Waals surface area contributed by atoms with Crippen LogP contribution in [0.5, 0.6) is 0 Å². The lowest BCUT2D eigenvalue weighted by atomic mass is 9.80. The van der Waals surface area contributed by atoms with E-state index < -0.39 is 0 Å². The molecule has 0 unspecified atom stereocenters. The van der Waals surface area contributed by atoms with E-state index in [4.69, 9.17) is 9.47 Å². The summed E-state index contributed by atoms with van der Waals surface area (Å²) in [6.07, 6.45) is 14.4. The predicted octanol–water partition coefficient (Wildman–Crippen LogP) is 4.50. The topological polar surface area (TPSA) is 76.7 Å². The molecule has 3 aliphatic rings. The second-order valence-corrected chi connectivity index (χ2v) is 10.3. The van der Waals surface area contributed by atoms with Crippen LogP contribution < -0.4 is 10.6 Å². The Labute approximate surface area is 194 Å². The van der Waals surface area contributed by atoms with Crippen LogP contribution in [0.1, 0.15) is 104 Å². The molecule has 2 N–H and O–H groups in total. The van der Waals surface area contributed by atoms with E-state index in [2.05, 4.69) is 24.5 Å². The van der Waals surface area contributed by atoms with Crippen LogP contribution in [0.25, 0.3) is 0 Å². The molecular formula is C26H46N2O4. The fourth-order valence-electron chi connectivity index (χ4n) is 5.57. The van der Waals surface area contributed by atoms with Crippen LogP contribution in [0.2, 0.25) is 0 Å². The molecule has 0 aliphatic heterocycles. The van der Waals surface area contributed by atoms with Gasteiger partial charge in [0.1, 0.15) is 0 Å². The van der Waals surface area contributed by atoms with Crippen LogP contribution in [-0.2, 0) is 19.1 Å². The fraction of sp³-hybridized carbons (Fsp3) is 0.923. The summed E-state index contributed by atoms with van der Waals surface area (Å²) < 4.78 is 11.7. The Kier molecular flexibility index (Phi) is 10.8. The van der Waals surface area contributed by atoms with Crippen LogP contribution >= 0.6 is 0 Å². The van der Waals surface area contributed by atoms with Crippen molar-refractivity contribution in [3.05, 3.63) is 0 Å². The maximum atomic E-state index is 12.8. The van der Waals surface area contributed by atoms with E-state index >= 15 is 0 Å². The molecule has 3 aliphatic carbocycles. The standard InChI is InChI=1S/C26H46N2O4/c1-3-17-31-23-13-9-21(10-14-23)27-25(29)19-5-7-20(8-6-19)26(30)28-22-11-15-24(16-12-22)32-18-4-2/h19-24H,3-18H2,1-2H3,(H,27,29)(H,28,30). The molecule has 0 heterocycles. The highest BCUT2D eigenvalue weighted by atomic mass is 16.5. The van der Waals surface area contributed by atoms with Crippen molar-refractivity contribution in [3.8, 4) is 0 Å². The molecule has 6 heteroatoms. The summed E-state index contributed by atoms with van der Waals surface area (Å²) in [5.41, 5.74) is 0. The van der Waals surface area contributed by atoms with Crippen LogP contribution in [0.4, 0.5) is 0 Å². The Bertz CT molecular complexity index is 510. The second-order valence-electron chi connectivity index (χ2n) is 10.3. The van der Waals surface area contributed by atoms with Crippen LogP contribution in [0.3, 0.4) is 0 Å². The monoisotopic (exact) mass is 450 g/mol. The zero-order valence-electron chi connectivity index (χ0n) is 20.4. The Balaban J connectivity index is 1.30. The van der Waals surface area contributed by atoms with E-state index in [0.717, 1.165) is 103 Å². The van der Waals surface area contributed by atoms with Gasteiger partial charge < -0.3 is 20.1 Å². The van der Waals surface area contributed by atoms with Crippen molar-refractivity contribution in [1.29, 1.82) is 0 Å². The van der Waals surface area contributed by atoms with Gasteiger partial charge in [-0.05, 0) is 89.9 Å². The Morgan fingerprint density at radius 3 is 1.25 bits per heavy atom. The molecule has 6 nitrogen and oxygen atoms in total. The third-order valence-electron chi connectivity index (χ3n) is 7.63. The minimum atomic E-state index is 0.0688. The number of rotatable bonds is 10. The van der Waals surface area contributed by atoms with Gasteiger partial charge in [0.15, 0.2) is 0 Å². The first kappa shape index (κ1) is 25.5. The number of carbonyl (C=O) groups is 2. The molecule has 0 spiro atoms. The van der Waals surface area contributed by atoms with Crippen molar-refractivity contribution in [3.63, 3.8) is 0 Å². The summed E-state index contributed by atoms with van der Waals surface area (Å²) in [5.74, 6) is 0.540. The van der Waals surface area contributed by atoms with E-state index in [1.807, 2.05) is 0 Å². The largest absolute Gasteiger partial charge is 0.378 e. The predicted molar refractivity (Wildman–Crippen MR) is 126 cm³/mol. The summed E-state index contributed by atoms with van der Waals surface area (Å²) in [6.45, 7) is 5.96. The van der Waals surface area contributed by atoms with Crippen molar-refractivity contribution >= 4 is 11.8 Å². The summed E-state index contributed by atoms with van der Waals surface area (Å²) in [4.78, 5) is 25.5. The van der Waals surface area contributed by atoms with Crippen LogP contribution in [0, 0.1) is 11.8 Å². The normalized spacial score (nSPS) is 33.4. The smallest absolute Gasteiger partial charge is 0.223 e. The van der Waals surface area contributed by atoms with Crippen LogP contribution in [0.15, 0.2) is 0 Å². The van der Waals surface area contributed by atoms with Gasteiger partial charge in [-0.15, -0.1) is 0 Å². The molecule has 3 rings (SSSR count). The van der Waals surface area contributed by atoms with Gasteiger partial charge in [0, 0.05) is 37.1 Å². The molecule has 0 radical (unpaired) electrons. The molecular weight excluding hydrogens is 404 g/mol. The summed E-state index contributed by atoms with van der Waals surface area (Å²) >= 11 is 0.